The average Bonchev–Trinajstić information content (AvgIpc) is 3.10. The van der Waals surface area contributed by atoms with Crippen molar-refractivity contribution in [3.05, 3.63) is 84.4 Å². The predicted molar refractivity (Wildman–Crippen MR) is 79.8 cm³/mol. The summed E-state index contributed by atoms with van der Waals surface area (Å²) in [5.74, 6) is -0.601. The van der Waals surface area contributed by atoms with Crippen molar-refractivity contribution in [2.24, 2.45) is 0 Å². The van der Waals surface area contributed by atoms with Crippen LogP contribution >= 0.6 is 0 Å². The molecule has 1 aromatic heterocycles. The van der Waals surface area contributed by atoms with E-state index >= 15 is 0 Å². The van der Waals surface area contributed by atoms with Crippen molar-refractivity contribution in [1.82, 2.24) is 9.55 Å². The fraction of sp³-hybridized carbons (Fsp3) is 0. The van der Waals surface area contributed by atoms with E-state index < -0.39 is 5.97 Å². The molecule has 0 N–H and O–H groups in total. The lowest BCUT2D eigenvalue weighted by Gasteiger charge is -2.09. The zero-order chi connectivity index (χ0) is 15.4. The maximum atomic E-state index is 12.4. The molecule has 0 radical (unpaired) electrons. The molecule has 0 unspecified atom stereocenters. The molecule has 0 aliphatic carbocycles. The summed E-state index contributed by atoms with van der Waals surface area (Å²) in [5.41, 5.74) is 0.720. The SMILES string of the molecule is O=C(Oc1ccccc1C(=O)n1ccnc1)c1ccccc1. The Bertz CT molecular complexity index is 796. The van der Waals surface area contributed by atoms with Gasteiger partial charge in [0.15, 0.2) is 0 Å². The standard InChI is InChI=1S/C17H12N2O3/c20-16(19-11-10-18-12-19)14-8-4-5-9-15(14)22-17(21)13-6-2-1-3-7-13/h1-12H. The van der Waals surface area contributed by atoms with E-state index in [1.54, 1.807) is 48.5 Å². The van der Waals surface area contributed by atoms with Gasteiger partial charge in [-0.05, 0) is 24.3 Å². The number of ether oxygens (including phenoxy) is 1. The molecule has 0 saturated heterocycles. The van der Waals surface area contributed by atoms with Gasteiger partial charge in [0.05, 0.1) is 11.1 Å². The number of esters is 1. The van der Waals surface area contributed by atoms with Crippen LogP contribution in [0, 0.1) is 0 Å². The molecule has 3 rings (SSSR count). The fourth-order valence-electron chi connectivity index (χ4n) is 1.98. The van der Waals surface area contributed by atoms with E-state index in [1.165, 1.54) is 23.3 Å². The van der Waals surface area contributed by atoms with Crippen molar-refractivity contribution in [2.45, 2.75) is 0 Å². The second-order valence-corrected chi connectivity index (χ2v) is 4.53. The Labute approximate surface area is 126 Å². The van der Waals surface area contributed by atoms with Crippen LogP contribution in [0.3, 0.4) is 0 Å². The molecular formula is C17H12N2O3. The maximum Gasteiger partial charge on any atom is 0.343 e. The van der Waals surface area contributed by atoms with Gasteiger partial charge in [0.25, 0.3) is 5.91 Å². The zero-order valence-corrected chi connectivity index (χ0v) is 11.5. The molecular weight excluding hydrogens is 280 g/mol. The molecule has 22 heavy (non-hydrogen) atoms. The lowest BCUT2D eigenvalue weighted by Crippen LogP contribution is -2.15. The first-order chi connectivity index (χ1) is 10.8. The topological polar surface area (TPSA) is 61.2 Å². The number of imidazole rings is 1. The van der Waals surface area contributed by atoms with E-state index in [9.17, 15) is 9.59 Å². The Balaban J connectivity index is 1.89. The number of rotatable bonds is 3. The highest BCUT2D eigenvalue weighted by Gasteiger charge is 2.16. The van der Waals surface area contributed by atoms with Gasteiger partial charge in [-0.2, -0.15) is 0 Å². The van der Waals surface area contributed by atoms with E-state index in [1.807, 2.05) is 6.07 Å². The van der Waals surface area contributed by atoms with Crippen LogP contribution in [0.2, 0.25) is 0 Å². The van der Waals surface area contributed by atoms with Gasteiger partial charge >= 0.3 is 5.97 Å². The highest BCUT2D eigenvalue weighted by Crippen LogP contribution is 2.20. The number of nitrogens with zero attached hydrogens (tertiary/aromatic N) is 2. The van der Waals surface area contributed by atoms with Crippen molar-refractivity contribution in [2.75, 3.05) is 0 Å². The molecule has 0 amide bonds. The highest BCUT2D eigenvalue weighted by atomic mass is 16.5. The van der Waals surface area contributed by atoms with Crippen molar-refractivity contribution in [1.29, 1.82) is 0 Å². The lowest BCUT2D eigenvalue weighted by molar-refractivity contribution is 0.0732. The molecule has 1 heterocycles. The quantitative estimate of drug-likeness (QED) is 0.550. The smallest absolute Gasteiger partial charge is 0.343 e. The average molecular weight is 292 g/mol. The zero-order valence-electron chi connectivity index (χ0n) is 11.5. The summed E-state index contributed by atoms with van der Waals surface area (Å²) in [6.45, 7) is 0. The van der Waals surface area contributed by atoms with Crippen LogP contribution in [0.5, 0.6) is 5.75 Å². The molecule has 0 saturated carbocycles. The maximum absolute atomic E-state index is 12.4. The first-order valence-corrected chi connectivity index (χ1v) is 6.64. The fourth-order valence-corrected chi connectivity index (χ4v) is 1.98. The molecule has 0 aliphatic heterocycles. The molecule has 0 bridgehead atoms. The molecule has 2 aromatic carbocycles. The summed E-state index contributed by atoms with van der Waals surface area (Å²) >= 11 is 0. The summed E-state index contributed by atoms with van der Waals surface area (Å²) in [6, 6.07) is 15.2. The summed E-state index contributed by atoms with van der Waals surface area (Å²) < 4.78 is 6.69. The Morgan fingerprint density at radius 2 is 1.68 bits per heavy atom. The van der Waals surface area contributed by atoms with E-state index in [2.05, 4.69) is 4.98 Å². The Hall–Kier alpha value is -3.21. The van der Waals surface area contributed by atoms with Gasteiger partial charge in [-0.1, -0.05) is 30.3 Å². The van der Waals surface area contributed by atoms with Crippen LogP contribution < -0.4 is 4.74 Å². The van der Waals surface area contributed by atoms with Crippen molar-refractivity contribution >= 4 is 11.9 Å². The molecule has 3 aromatic rings. The highest BCUT2D eigenvalue weighted by molar-refractivity contribution is 6.00. The number of para-hydroxylation sites is 1. The van der Waals surface area contributed by atoms with Gasteiger partial charge < -0.3 is 4.74 Å². The largest absolute Gasteiger partial charge is 0.422 e. The van der Waals surface area contributed by atoms with Crippen LogP contribution in [0.4, 0.5) is 0 Å². The summed E-state index contributed by atoms with van der Waals surface area (Å²) in [6.07, 6.45) is 4.45. The van der Waals surface area contributed by atoms with Gasteiger partial charge in [0, 0.05) is 12.4 Å². The molecule has 0 atom stereocenters. The van der Waals surface area contributed by atoms with Crippen LogP contribution in [0.1, 0.15) is 20.7 Å². The monoisotopic (exact) mass is 292 g/mol. The first-order valence-electron chi connectivity index (χ1n) is 6.64. The second-order valence-electron chi connectivity index (χ2n) is 4.53. The third-order valence-corrected chi connectivity index (χ3v) is 3.07. The molecule has 108 valence electrons. The van der Waals surface area contributed by atoms with E-state index in [-0.39, 0.29) is 11.7 Å². The summed E-state index contributed by atoms with van der Waals surface area (Å²) in [5, 5.41) is 0. The second kappa shape index (κ2) is 6.05. The summed E-state index contributed by atoms with van der Waals surface area (Å²) in [7, 11) is 0. The normalized spacial score (nSPS) is 10.2. The van der Waals surface area contributed by atoms with Crippen LogP contribution in [-0.4, -0.2) is 21.4 Å². The minimum Gasteiger partial charge on any atom is -0.422 e. The van der Waals surface area contributed by atoms with Crippen molar-refractivity contribution < 1.29 is 14.3 Å². The van der Waals surface area contributed by atoms with E-state index in [4.69, 9.17) is 4.74 Å². The first kappa shape index (κ1) is 13.8. The molecule has 5 heteroatoms. The van der Waals surface area contributed by atoms with Crippen LogP contribution in [0.25, 0.3) is 0 Å². The third kappa shape index (κ3) is 2.78. The minimum absolute atomic E-state index is 0.218. The van der Waals surface area contributed by atoms with Crippen molar-refractivity contribution in [3.63, 3.8) is 0 Å². The molecule has 0 spiro atoms. The van der Waals surface area contributed by atoms with Crippen LogP contribution in [0.15, 0.2) is 73.3 Å². The number of hydrogen-bond acceptors (Lipinski definition) is 4. The number of hydrogen-bond donors (Lipinski definition) is 0. The van der Waals surface area contributed by atoms with Gasteiger partial charge in [-0.25, -0.2) is 9.78 Å². The minimum atomic E-state index is -0.508. The van der Waals surface area contributed by atoms with Gasteiger partial charge in [0.1, 0.15) is 12.1 Å². The van der Waals surface area contributed by atoms with Gasteiger partial charge in [0.2, 0.25) is 0 Å². The van der Waals surface area contributed by atoms with Gasteiger partial charge in [-0.15, -0.1) is 0 Å². The lowest BCUT2D eigenvalue weighted by atomic mass is 10.2. The Morgan fingerprint density at radius 1 is 0.955 bits per heavy atom. The van der Waals surface area contributed by atoms with E-state index in [0.29, 0.717) is 11.1 Å². The van der Waals surface area contributed by atoms with Crippen molar-refractivity contribution in [3.8, 4) is 5.75 Å². The van der Waals surface area contributed by atoms with Gasteiger partial charge in [-0.3, -0.25) is 9.36 Å². The number of carbonyl (C=O) groups is 2. The molecule has 5 nitrogen and oxygen atoms in total. The Kier molecular flexibility index (Phi) is 3.78. The van der Waals surface area contributed by atoms with E-state index in [0.717, 1.165) is 0 Å². The predicted octanol–water partition coefficient (Wildman–Crippen LogP) is 2.79. The number of carbonyl (C=O) groups excluding carboxylic acids is 2. The molecule has 0 fully saturated rings. The number of benzene rings is 2. The molecule has 0 aliphatic rings. The number of aromatic nitrogens is 2. The summed E-state index contributed by atoms with van der Waals surface area (Å²) in [4.78, 5) is 28.3. The Morgan fingerprint density at radius 3 is 2.41 bits per heavy atom. The third-order valence-electron chi connectivity index (χ3n) is 3.07. The van der Waals surface area contributed by atoms with Crippen LogP contribution in [-0.2, 0) is 0 Å².